The summed E-state index contributed by atoms with van der Waals surface area (Å²) in [5.41, 5.74) is 2.14. The van der Waals surface area contributed by atoms with Crippen LogP contribution < -0.4 is 5.32 Å². The molecule has 2 aromatic rings. The van der Waals surface area contributed by atoms with E-state index in [9.17, 15) is 19.7 Å². The summed E-state index contributed by atoms with van der Waals surface area (Å²) < 4.78 is 5.40. The van der Waals surface area contributed by atoms with Crippen LogP contribution in [0.4, 0.5) is 11.4 Å². The van der Waals surface area contributed by atoms with Gasteiger partial charge in [0, 0.05) is 11.8 Å². The number of ether oxygens (including phenoxy) is 1. The molecule has 0 radical (unpaired) electrons. The van der Waals surface area contributed by atoms with Gasteiger partial charge in [0.05, 0.1) is 22.3 Å². The summed E-state index contributed by atoms with van der Waals surface area (Å²) in [5, 5.41) is 14.0. The highest BCUT2D eigenvalue weighted by Crippen LogP contribution is 2.32. The van der Waals surface area contributed by atoms with Crippen LogP contribution in [-0.2, 0) is 27.4 Å². The molecule has 158 valence electrons. The molecule has 7 nitrogen and oxygen atoms in total. The monoisotopic (exact) mass is 410 g/mol. The number of hydrogen-bond acceptors (Lipinski definition) is 5. The molecule has 30 heavy (non-hydrogen) atoms. The van der Waals surface area contributed by atoms with Crippen molar-refractivity contribution in [1.29, 1.82) is 0 Å². The molecule has 0 spiro atoms. The number of para-hydroxylation sites is 1. The molecule has 2 aromatic carbocycles. The van der Waals surface area contributed by atoms with E-state index >= 15 is 0 Å². The summed E-state index contributed by atoms with van der Waals surface area (Å²) in [7, 11) is 0. The van der Waals surface area contributed by atoms with Crippen LogP contribution in [0.5, 0.6) is 0 Å². The standard InChI is InChI=1S/C23H26N2O5/c1-2-16-11-13-18(14-12-16)24-22(26)19-8-4-5-9-20(19)23(27)30-15-17-7-3-6-10-21(17)25(28)29/h3,6-7,10-14,19-20H,2,4-5,8-9,15H2,1H3,(H,24,26)/t19-,20+/m1/s1. The number of nitrogens with one attached hydrogen (secondary N) is 1. The van der Waals surface area contributed by atoms with E-state index in [1.54, 1.807) is 18.2 Å². The maximum atomic E-state index is 12.8. The minimum atomic E-state index is -0.545. The minimum Gasteiger partial charge on any atom is -0.460 e. The number of nitro groups is 1. The number of carbonyl (C=O) groups is 2. The van der Waals surface area contributed by atoms with Gasteiger partial charge in [-0.15, -0.1) is 0 Å². The molecule has 0 bridgehead atoms. The van der Waals surface area contributed by atoms with Gasteiger partial charge < -0.3 is 10.1 Å². The molecule has 0 saturated heterocycles. The third kappa shape index (κ3) is 5.23. The molecular formula is C23H26N2O5. The number of esters is 1. The van der Waals surface area contributed by atoms with E-state index in [2.05, 4.69) is 12.2 Å². The number of nitrogens with zero attached hydrogens (tertiary/aromatic N) is 1. The van der Waals surface area contributed by atoms with Crippen molar-refractivity contribution in [3.63, 3.8) is 0 Å². The van der Waals surface area contributed by atoms with Crippen molar-refractivity contribution in [2.75, 3.05) is 5.32 Å². The first-order chi connectivity index (χ1) is 14.5. The van der Waals surface area contributed by atoms with E-state index in [0.29, 0.717) is 24.1 Å². The third-order valence-corrected chi connectivity index (χ3v) is 5.59. The molecule has 1 aliphatic rings. The van der Waals surface area contributed by atoms with Crippen LogP contribution in [0, 0.1) is 22.0 Å². The van der Waals surface area contributed by atoms with Gasteiger partial charge in [-0.05, 0) is 43.0 Å². The number of carbonyl (C=O) groups excluding carboxylic acids is 2. The highest BCUT2D eigenvalue weighted by atomic mass is 16.6. The Hall–Kier alpha value is -3.22. The van der Waals surface area contributed by atoms with Crippen molar-refractivity contribution in [3.8, 4) is 0 Å². The second-order valence-corrected chi connectivity index (χ2v) is 7.53. The SMILES string of the molecule is CCc1ccc(NC(=O)[C@@H]2CCCC[C@@H]2C(=O)OCc2ccccc2[N+](=O)[O-])cc1. The van der Waals surface area contributed by atoms with Gasteiger partial charge >= 0.3 is 5.97 Å². The number of anilines is 1. The van der Waals surface area contributed by atoms with E-state index in [1.807, 2.05) is 24.3 Å². The number of nitro benzene ring substituents is 1. The van der Waals surface area contributed by atoms with Crippen molar-refractivity contribution in [1.82, 2.24) is 0 Å². The van der Waals surface area contributed by atoms with Gasteiger partial charge in [0.2, 0.25) is 5.91 Å². The summed E-state index contributed by atoms with van der Waals surface area (Å²) in [4.78, 5) is 36.2. The summed E-state index contributed by atoms with van der Waals surface area (Å²) >= 11 is 0. The first-order valence-corrected chi connectivity index (χ1v) is 10.3. The summed E-state index contributed by atoms with van der Waals surface area (Å²) in [6.45, 7) is 1.88. The van der Waals surface area contributed by atoms with Crippen LogP contribution in [0.2, 0.25) is 0 Å². The molecule has 3 rings (SSSR count). The van der Waals surface area contributed by atoms with Crippen molar-refractivity contribution in [2.45, 2.75) is 45.6 Å². The zero-order valence-corrected chi connectivity index (χ0v) is 17.0. The van der Waals surface area contributed by atoms with E-state index in [1.165, 1.54) is 11.6 Å². The van der Waals surface area contributed by atoms with Gasteiger partial charge in [0.25, 0.3) is 5.69 Å². The molecule has 0 heterocycles. The normalized spacial score (nSPS) is 18.4. The molecule has 0 aliphatic heterocycles. The molecule has 1 aliphatic carbocycles. The summed E-state index contributed by atoms with van der Waals surface area (Å²) in [6, 6.07) is 13.8. The first kappa shape index (κ1) is 21.5. The zero-order chi connectivity index (χ0) is 21.5. The highest BCUT2D eigenvalue weighted by molar-refractivity contribution is 5.95. The van der Waals surface area contributed by atoms with Crippen LogP contribution in [-0.4, -0.2) is 16.8 Å². The Morgan fingerprint density at radius 1 is 1.07 bits per heavy atom. The van der Waals surface area contributed by atoms with Gasteiger partial charge in [-0.25, -0.2) is 0 Å². The van der Waals surface area contributed by atoms with Gasteiger partial charge in [0.15, 0.2) is 0 Å². The number of hydrogen-bond donors (Lipinski definition) is 1. The Bertz CT molecular complexity index is 910. The highest BCUT2D eigenvalue weighted by Gasteiger charge is 2.37. The number of benzene rings is 2. The molecule has 2 atom stereocenters. The third-order valence-electron chi connectivity index (χ3n) is 5.59. The number of amides is 1. The molecular weight excluding hydrogens is 384 g/mol. The van der Waals surface area contributed by atoms with Crippen LogP contribution in [0.15, 0.2) is 48.5 Å². The Morgan fingerprint density at radius 2 is 1.73 bits per heavy atom. The molecule has 1 N–H and O–H groups in total. The largest absolute Gasteiger partial charge is 0.460 e. The fourth-order valence-electron chi connectivity index (χ4n) is 3.85. The van der Waals surface area contributed by atoms with Gasteiger partial charge in [-0.3, -0.25) is 19.7 Å². The Labute approximate surface area is 175 Å². The number of rotatable bonds is 7. The maximum Gasteiger partial charge on any atom is 0.310 e. The van der Waals surface area contributed by atoms with Crippen molar-refractivity contribution < 1.29 is 19.2 Å². The Balaban J connectivity index is 1.65. The second-order valence-electron chi connectivity index (χ2n) is 7.53. The number of aryl methyl sites for hydroxylation is 1. The molecule has 1 saturated carbocycles. The van der Waals surface area contributed by atoms with Crippen LogP contribution >= 0.6 is 0 Å². The predicted octanol–water partition coefficient (Wildman–Crippen LogP) is 4.65. The fourth-order valence-corrected chi connectivity index (χ4v) is 3.85. The lowest BCUT2D eigenvalue weighted by atomic mass is 9.78. The van der Waals surface area contributed by atoms with E-state index in [0.717, 1.165) is 19.3 Å². The molecule has 0 unspecified atom stereocenters. The van der Waals surface area contributed by atoms with Gasteiger partial charge in [0.1, 0.15) is 6.61 Å². The van der Waals surface area contributed by atoms with Crippen LogP contribution in [0.1, 0.15) is 43.7 Å². The lowest BCUT2D eigenvalue weighted by Crippen LogP contribution is -2.37. The van der Waals surface area contributed by atoms with Crippen LogP contribution in [0.25, 0.3) is 0 Å². The quantitative estimate of drug-likeness (QED) is 0.407. The van der Waals surface area contributed by atoms with Crippen molar-refractivity contribution in [3.05, 3.63) is 69.8 Å². The Kier molecular flexibility index (Phi) is 7.17. The van der Waals surface area contributed by atoms with Gasteiger partial charge in [-0.2, -0.15) is 0 Å². The van der Waals surface area contributed by atoms with Crippen molar-refractivity contribution >= 4 is 23.3 Å². The Morgan fingerprint density at radius 3 is 2.40 bits per heavy atom. The van der Waals surface area contributed by atoms with E-state index < -0.39 is 22.7 Å². The topological polar surface area (TPSA) is 98.5 Å². The zero-order valence-electron chi connectivity index (χ0n) is 17.0. The fraction of sp³-hybridized carbons (Fsp3) is 0.391. The van der Waals surface area contributed by atoms with Crippen LogP contribution in [0.3, 0.4) is 0 Å². The molecule has 1 amide bonds. The van der Waals surface area contributed by atoms with Gasteiger partial charge in [-0.1, -0.05) is 44.0 Å². The average molecular weight is 410 g/mol. The van der Waals surface area contributed by atoms with E-state index in [4.69, 9.17) is 4.74 Å². The molecule has 7 heteroatoms. The molecule has 0 aromatic heterocycles. The summed E-state index contributed by atoms with van der Waals surface area (Å²) in [6.07, 6.45) is 3.83. The smallest absolute Gasteiger partial charge is 0.310 e. The summed E-state index contributed by atoms with van der Waals surface area (Å²) in [5.74, 6) is -1.68. The molecule has 1 fully saturated rings. The first-order valence-electron chi connectivity index (χ1n) is 10.3. The van der Waals surface area contributed by atoms with E-state index in [-0.39, 0.29) is 18.2 Å². The predicted molar refractivity (Wildman–Crippen MR) is 113 cm³/mol. The average Bonchev–Trinajstić information content (AvgIpc) is 2.78. The van der Waals surface area contributed by atoms with Crippen molar-refractivity contribution in [2.24, 2.45) is 11.8 Å². The minimum absolute atomic E-state index is 0.0845. The lowest BCUT2D eigenvalue weighted by Gasteiger charge is -2.29. The maximum absolute atomic E-state index is 12.8. The second kappa shape index (κ2) is 10.0. The lowest BCUT2D eigenvalue weighted by molar-refractivity contribution is -0.385.